The minimum Gasteiger partial charge on any atom is -0.554 e. The van der Waals surface area contributed by atoms with Gasteiger partial charge in [0.25, 0.3) is 0 Å². The average Bonchev–Trinajstić information content (AvgIpc) is 2.49. The molecule has 1 heterocycles. The van der Waals surface area contributed by atoms with Gasteiger partial charge in [-0.15, -0.1) is 0 Å². The van der Waals surface area contributed by atoms with Gasteiger partial charge in [-0.1, -0.05) is 13.3 Å². The summed E-state index contributed by atoms with van der Waals surface area (Å²) in [5.41, 5.74) is 0. The number of imidazole rings is 1. The predicted octanol–water partition coefficient (Wildman–Crippen LogP) is -0.521. The summed E-state index contributed by atoms with van der Waals surface area (Å²) < 4.78 is 4.28. The molecular weight excluding hydrogens is 168 g/mol. The molecule has 0 atom stereocenters. The van der Waals surface area contributed by atoms with Crippen molar-refractivity contribution in [3.63, 3.8) is 0 Å². The minimum atomic E-state index is -0.500. The van der Waals surface area contributed by atoms with Gasteiger partial charge in [-0.3, -0.25) is 0 Å². The molecule has 1 rings (SSSR count). The van der Waals surface area contributed by atoms with Gasteiger partial charge in [0.15, 0.2) is 0 Å². The Morgan fingerprint density at radius 1 is 1.62 bits per heavy atom. The number of carboxylic acid groups (broad SMARTS) is 1. The van der Waals surface area contributed by atoms with Crippen molar-refractivity contribution in [2.24, 2.45) is 7.05 Å². The van der Waals surface area contributed by atoms with Gasteiger partial charge in [0.2, 0.25) is 6.33 Å². The summed E-state index contributed by atoms with van der Waals surface area (Å²) in [6.07, 6.45) is 8.82. The first-order chi connectivity index (χ1) is 6.24. The second kappa shape index (κ2) is 7.34. The summed E-state index contributed by atoms with van der Waals surface area (Å²) >= 11 is 0. The van der Waals surface area contributed by atoms with Crippen molar-refractivity contribution >= 4 is 6.47 Å². The third kappa shape index (κ3) is 5.90. The zero-order valence-electron chi connectivity index (χ0n) is 8.14. The van der Waals surface area contributed by atoms with Crippen LogP contribution in [0.1, 0.15) is 19.8 Å². The van der Waals surface area contributed by atoms with E-state index in [2.05, 4.69) is 34.8 Å². The topological polar surface area (TPSA) is 48.9 Å². The lowest BCUT2D eigenvalue weighted by Crippen LogP contribution is -2.23. The summed E-state index contributed by atoms with van der Waals surface area (Å²) in [5, 5.41) is 8.25. The summed E-state index contributed by atoms with van der Waals surface area (Å²) in [6, 6.07) is 0. The monoisotopic (exact) mass is 184 g/mol. The number of nitrogens with zero attached hydrogens (tertiary/aromatic N) is 2. The van der Waals surface area contributed by atoms with E-state index in [1.54, 1.807) is 0 Å². The van der Waals surface area contributed by atoms with Gasteiger partial charge in [-0.05, 0) is 6.42 Å². The van der Waals surface area contributed by atoms with Crippen molar-refractivity contribution in [3.8, 4) is 0 Å². The van der Waals surface area contributed by atoms with Gasteiger partial charge in [0, 0.05) is 6.47 Å². The number of unbranched alkanes of at least 4 members (excludes halogenated alkanes) is 1. The molecule has 0 saturated heterocycles. The summed E-state index contributed by atoms with van der Waals surface area (Å²) in [6.45, 7) is 2.86. The molecule has 0 fully saturated rings. The molecule has 0 aliphatic heterocycles. The largest absolute Gasteiger partial charge is 0.554 e. The van der Waals surface area contributed by atoms with Crippen LogP contribution in [0.15, 0.2) is 18.7 Å². The van der Waals surface area contributed by atoms with Crippen molar-refractivity contribution in [1.29, 1.82) is 0 Å². The maximum absolute atomic E-state index is 8.25. The predicted molar refractivity (Wildman–Crippen MR) is 46.6 cm³/mol. The van der Waals surface area contributed by atoms with E-state index in [4.69, 9.17) is 9.90 Å². The van der Waals surface area contributed by atoms with Crippen LogP contribution in [-0.4, -0.2) is 11.0 Å². The number of carbonyl (C=O) groups excluding carboxylic acids is 1. The second-order valence-corrected chi connectivity index (χ2v) is 2.77. The molecule has 0 bridgehead atoms. The van der Waals surface area contributed by atoms with E-state index in [1.165, 1.54) is 12.8 Å². The maximum atomic E-state index is 8.25. The summed E-state index contributed by atoms with van der Waals surface area (Å²) in [7, 11) is 2.04. The lowest BCUT2D eigenvalue weighted by Gasteiger charge is -1.90. The van der Waals surface area contributed by atoms with Crippen LogP contribution >= 0.6 is 0 Å². The highest BCUT2D eigenvalue weighted by atomic mass is 16.3. The molecule has 13 heavy (non-hydrogen) atoms. The van der Waals surface area contributed by atoms with Crippen molar-refractivity contribution in [3.05, 3.63) is 18.7 Å². The lowest BCUT2D eigenvalue weighted by atomic mass is 10.3. The van der Waals surface area contributed by atoms with E-state index < -0.39 is 6.47 Å². The number of hydrogen-bond donors (Lipinski definition) is 0. The van der Waals surface area contributed by atoms with Gasteiger partial charge in [0.05, 0.1) is 13.6 Å². The van der Waals surface area contributed by atoms with Crippen LogP contribution in [0.25, 0.3) is 0 Å². The van der Waals surface area contributed by atoms with Gasteiger partial charge in [-0.25, -0.2) is 9.13 Å². The van der Waals surface area contributed by atoms with E-state index in [9.17, 15) is 0 Å². The first kappa shape index (κ1) is 11.7. The van der Waals surface area contributed by atoms with Crippen LogP contribution in [0.5, 0.6) is 0 Å². The number of rotatable bonds is 3. The average molecular weight is 184 g/mol. The second-order valence-electron chi connectivity index (χ2n) is 2.77. The fourth-order valence-corrected chi connectivity index (χ4v) is 0.975. The standard InChI is InChI=1S/C8H15N2.CH2O2/c1-3-4-5-10-7-6-9(2)8-10;2-1-3/h6-8H,3-5H2,1-2H3;1H,(H,2,3)/q+1;/p-1. The molecule has 0 N–H and O–H groups in total. The van der Waals surface area contributed by atoms with Gasteiger partial charge in [-0.2, -0.15) is 0 Å². The van der Waals surface area contributed by atoms with Crippen molar-refractivity contribution in [2.45, 2.75) is 26.3 Å². The highest BCUT2D eigenvalue weighted by molar-refractivity contribution is 5.29. The van der Waals surface area contributed by atoms with Crippen molar-refractivity contribution in [2.75, 3.05) is 0 Å². The van der Waals surface area contributed by atoms with Crippen LogP contribution < -0.4 is 9.67 Å². The van der Waals surface area contributed by atoms with Gasteiger partial charge in [0.1, 0.15) is 12.4 Å². The third-order valence-electron chi connectivity index (χ3n) is 1.59. The smallest absolute Gasteiger partial charge is 0.243 e. The lowest BCUT2D eigenvalue weighted by molar-refractivity contribution is -0.671. The third-order valence-corrected chi connectivity index (χ3v) is 1.59. The molecule has 0 spiro atoms. The number of carbonyl (C=O) groups is 1. The van der Waals surface area contributed by atoms with Crippen molar-refractivity contribution in [1.82, 2.24) is 4.57 Å². The normalized spacial score (nSPS) is 8.77. The Bertz CT molecular complexity index is 233. The van der Waals surface area contributed by atoms with E-state index in [-0.39, 0.29) is 0 Å². The summed E-state index contributed by atoms with van der Waals surface area (Å²) in [5.74, 6) is 0. The van der Waals surface area contributed by atoms with Crippen LogP contribution in [0.4, 0.5) is 0 Å². The van der Waals surface area contributed by atoms with Crippen LogP contribution in [0, 0.1) is 0 Å². The van der Waals surface area contributed by atoms with Crippen LogP contribution in [-0.2, 0) is 18.4 Å². The fraction of sp³-hybridized carbons (Fsp3) is 0.556. The highest BCUT2D eigenvalue weighted by Gasteiger charge is 1.96. The molecule has 1 aromatic rings. The molecule has 74 valence electrons. The molecule has 0 aromatic carbocycles. The molecule has 0 saturated carbocycles. The highest BCUT2D eigenvalue weighted by Crippen LogP contribution is 1.91. The number of aryl methyl sites for hydroxylation is 2. The first-order valence-electron chi connectivity index (χ1n) is 4.31. The Labute approximate surface area is 78.4 Å². The Kier molecular flexibility index (Phi) is 6.59. The molecular formula is C9H16N2O2. The Morgan fingerprint density at radius 3 is 2.62 bits per heavy atom. The fourth-order valence-electron chi connectivity index (χ4n) is 0.975. The zero-order valence-corrected chi connectivity index (χ0v) is 8.14. The van der Waals surface area contributed by atoms with Crippen molar-refractivity contribution < 1.29 is 14.5 Å². The van der Waals surface area contributed by atoms with Crippen LogP contribution in [0.2, 0.25) is 0 Å². The number of aromatic nitrogens is 2. The van der Waals surface area contributed by atoms with Gasteiger partial charge < -0.3 is 9.90 Å². The Balaban J connectivity index is 0.000000424. The summed E-state index contributed by atoms with van der Waals surface area (Å²) in [4.78, 5) is 8.25. The van der Waals surface area contributed by atoms with E-state index in [1.807, 2.05) is 7.05 Å². The molecule has 1 aromatic heterocycles. The molecule has 0 aliphatic carbocycles. The SMILES string of the molecule is CCCCn1cc[n+](C)c1.O=C[O-]. The Hall–Kier alpha value is -1.32. The molecule has 0 amide bonds. The van der Waals surface area contributed by atoms with E-state index in [0.29, 0.717) is 0 Å². The van der Waals surface area contributed by atoms with E-state index in [0.717, 1.165) is 6.54 Å². The van der Waals surface area contributed by atoms with Crippen LogP contribution in [0.3, 0.4) is 0 Å². The molecule has 4 nitrogen and oxygen atoms in total. The molecule has 0 radical (unpaired) electrons. The quantitative estimate of drug-likeness (QED) is 0.469. The Morgan fingerprint density at radius 2 is 2.23 bits per heavy atom. The molecule has 4 heteroatoms. The van der Waals surface area contributed by atoms with Gasteiger partial charge >= 0.3 is 0 Å². The molecule has 0 unspecified atom stereocenters. The minimum absolute atomic E-state index is 0.500. The van der Waals surface area contributed by atoms with E-state index >= 15 is 0 Å². The zero-order chi connectivity index (χ0) is 10.1. The first-order valence-corrected chi connectivity index (χ1v) is 4.31. The molecule has 0 aliphatic rings. The number of hydrogen-bond acceptors (Lipinski definition) is 2. The maximum Gasteiger partial charge on any atom is 0.243 e.